The molecule has 7 atom stereocenters. The summed E-state index contributed by atoms with van der Waals surface area (Å²) in [4.78, 5) is 57.4. The van der Waals surface area contributed by atoms with Gasteiger partial charge in [-0.2, -0.15) is 0 Å². The summed E-state index contributed by atoms with van der Waals surface area (Å²) >= 11 is 0. The van der Waals surface area contributed by atoms with Crippen LogP contribution in [0.2, 0.25) is 0 Å². The number of ether oxygens (including phenoxy) is 4. The van der Waals surface area contributed by atoms with E-state index in [0.29, 0.717) is 5.89 Å². The van der Waals surface area contributed by atoms with E-state index in [2.05, 4.69) is 36.8 Å². The summed E-state index contributed by atoms with van der Waals surface area (Å²) in [5, 5.41) is 19.5. The number of carboxylic acid groups (broad SMARTS) is 1. The van der Waals surface area contributed by atoms with Crippen molar-refractivity contribution in [2.24, 2.45) is 16.7 Å². The van der Waals surface area contributed by atoms with Crippen molar-refractivity contribution in [2.75, 3.05) is 7.11 Å². The van der Waals surface area contributed by atoms with Gasteiger partial charge in [-0.1, -0.05) is 120 Å². The fourth-order valence-corrected chi connectivity index (χ4v) is 6.12. The Balaban J connectivity index is 1.68. The number of oxazole rings is 2. The number of carboxylic acids is 1. The number of allylic oxidation sites excluding steroid dienone is 9. The third-order valence-corrected chi connectivity index (χ3v) is 10.9. The number of esters is 2. The lowest BCUT2D eigenvalue weighted by Crippen LogP contribution is -2.44. The lowest BCUT2D eigenvalue weighted by Gasteiger charge is -2.38. The molecule has 0 saturated carbocycles. The lowest BCUT2D eigenvalue weighted by atomic mass is 9.73. The van der Waals surface area contributed by atoms with Crippen LogP contribution in [0, 0.1) is 16.7 Å². The number of epoxide rings is 1. The molecular weight excluding hydrogens is 809 g/mol. The van der Waals surface area contributed by atoms with E-state index in [1.54, 1.807) is 58.3 Å². The number of carbonyl (C=O) groups is 4. The molecule has 2 aromatic rings. The van der Waals surface area contributed by atoms with Crippen molar-refractivity contribution in [3.63, 3.8) is 0 Å². The molecule has 0 aromatic carbocycles. The van der Waals surface area contributed by atoms with Crippen LogP contribution in [0.15, 0.2) is 113 Å². The van der Waals surface area contributed by atoms with E-state index in [1.807, 2.05) is 67.7 Å². The molecule has 0 aliphatic carbocycles. The van der Waals surface area contributed by atoms with Crippen LogP contribution in [0.3, 0.4) is 0 Å². The first-order valence-corrected chi connectivity index (χ1v) is 21.1. The zero-order valence-corrected chi connectivity index (χ0v) is 37.8. The molecule has 0 bridgehead atoms. The van der Waals surface area contributed by atoms with Crippen molar-refractivity contribution >= 4 is 29.8 Å². The molecule has 3 heterocycles. The number of hydrogen-bond donors (Lipinski definition) is 2. The first kappa shape index (κ1) is 51.6. The summed E-state index contributed by atoms with van der Waals surface area (Å²) < 4.78 is 34.1. The number of ketones is 1. The Labute approximate surface area is 370 Å². The summed E-state index contributed by atoms with van der Waals surface area (Å²) in [6.45, 7) is 14.9. The average Bonchev–Trinajstić information content (AvgIpc) is 3.54. The SMILES string of the molecule is C/C=C/[C@H](OC(=O)CCC(=O)O)C(C)(C)[C@H](C/C=C\[C@H]1O[C@H]1/C=C/C=C\c1nc(C(C)=O)co1)OC(=O)c1coc(C[C@H](/C=C/C=C\C=C/C[C@H](C)C(C)(C)[C@@H](O)/C=C/C)OC)n1. The molecule has 3 rings (SSSR count). The molecule has 2 aromatic heterocycles. The lowest BCUT2D eigenvalue weighted by molar-refractivity contribution is -0.158. The fourth-order valence-electron chi connectivity index (χ4n) is 6.12. The van der Waals surface area contributed by atoms with Crippen LogP contribution in [0.25, 0.3) is 6.08 Å². The van der Waals surface area contributed by atoms with Gasteiger partial charge in [0, 0.05) is 31.9 Å². The molecule has 0 unspecified atom stereocenters. The van der Waals surface area contributed by atoms with Crippen molar-refractivity contribution in [2.45, 2.75) is 124 Å². The van der Waals surface area contributed by atoms with E-state index >= 15 is 0 Å². The van der Waals surface area contributed by atoms with Gasteiger partial charge in [0.25, 0.3) is 0 Å². The van der Waals surface area contributed by atoms with E-state index in [0.717, 1.165) is 6.42 Å². The highest BCUT2D eigenvalue weighted by molar-refractivity contribution is 5.91. The van der Waals surface area contributed by atoms with E-state index in [1.165, 1.54) is 19.5 Å². The monoisotopic (exact) mass is 872 g/mol. The average molecular weight is 873 g/mol. The highest BCUT2D eigenvalue weighted by atomic mass is 16.6. The smallest absolute Gasteiger partial charge is 0.360 e. The van der Waals surface area contributed by atoms with Gasteiger partial charge in [-0.05, 0) is 37.7 Å². The molecule has 0 spiro atoms. The van der Waals surface area contributed by atoms with Crippen molar-refractivity contribution in [3.05, 3.63) is 127 Å². The number of aliphatic hydroxyl groups excluding tert-OH is 1. The van der Waals surface area contributed by atoms with Crippen LogP contribution in [0.5, 0.6) is 0 Å². The Kier molecular flexibility index (Phi) is 20.8. The van der Waals surface area contributed by atoms with Gasteiger partial charge in [0.1, 0.15) is 42.6 Å². The molecule has 0 radical (unpaired) electrons. The third kappa shape index (κ3) is 17.2. The number of aliphatic hydroxyl groups is 1. The van der Waals surface area contributed by atoms with Crippen molar-refractivity contribution in [1.82, 2.24) is 9.97 Å². The molecule has 1 saturated heterocycles. The molecule has 14 nitrogen and oxygen atoms in total. The van der Waals surface area contributed by atoms with Crippen LogP contribution in [0.4, 0.5) is 0 Å². The Hall–Kier alpha value is -5.70. The second-order valence-corrected chi connectivity index (χ2v) is 16.4. The first-order valence-electron chi connectivity index (χ1n) is 21.1. The Morgan fingerprint density at radius 3 is 2.17 bits per heavy atom. The largest absolute Gasteiger partial charge is 0.481 e. The molecule has 0 amide bonds. The van der Waals surface area contributed by atoms with Crippen LogP contribution < -0.4 is 0 Å². The van der Waals surface area contributed by atoms with Gasteiger partial charge in [0.2, 0.25) is 5.89 Å². The van der Waals surface area contributed by atoms with Crippen molar-refractivity contribution in [3.8, 4) is 0 Å². The third-order valence-electron chi connectivity index (χ3n) is 10.9. The maximum absolute atomic E-state index is 13.6. The van der Waals surface area contributed by atoms with Crippen LogP contribution >= 0.6 is 0 Å². The maximum Gasteiger partial charge on any atom is 0.360 e. The van der Waals surface area contributed by atoms with Gasteiger partial charge >= 0.3 is 17.9 Å². The molecular formula is C49H64N2O12. The zero-order valence-electron chi connectivity index (χ0n) is 37.8. The van der Waals surface area contributed by atoms with Crippen LogP contribution in [-0.4, -0.2) is 87.6 Å². The maximum atomic E-state index is 13.6. The molecule has 2 N–H and O–H groups in total. The second-order valence-electron chi connectivity index (χ2n) is 16.4. The predicted molar refractivity (Wildman–Crippen MR) is 238 cm³/mol. The van der Waals surface area contributed by atoms with E-state index in [9.17, 15) is 24.3 Å². The summed E-state index contributed by atoms with van der Waals surface area (Å²) in [5.74, 6) is -1.95. The highest BCUT2D eigenvalue weighted by Gasteiger charge is 2.42. The minimum Gasteiger partial charge on any atom is -0.481 e. The summed E-state index contributed by atoms with van der Waals surface area (Å²) in [5.41, 5.74) is -1.08. The Morgan fingerprint density at radius 2 is 1.51 bits per heavy atom. The number of aromatic nitrogens is 2. The Bertz CT molecular complexity index is 2040. The molecule has 14 heteroatoms. The van der Waals surface area contributed by atoms with Gasteiger partial charge in [-0.15, -0.1) is 0 Å². The number of carbonyl (C=O) groups excluding carboxylic acids is 3. The minimum atomic E-state index is -1.13. The number of Topliss-reactive ketones (excluding diaryl/α,β-unsaturated/α-hetero) is 1. The molecule has 1 fully saturated rings. The van der Waals surface area contributed by atoms with Gasteiger partial charge in [-0.25, -0.2) is 14.8 Å². The number of aliphatic carboxylic acids is 1. The fraction of sp³-hybridized carbons (Fsp3) is 0.469. The highest BCUT2D eigenvalue weighted by Crippen LogP contribution is 2.36. The Morgan fingerprint density at radius 1 is 0.810 bits per heavy atom. The normalized spacial score (nSPS) is 18.8. The van der Waals surface area contributed by atoms with E-state index < -0.39 is 47.7 Å². The second kappa shape index (κ2) is 25.4. The van der Waals surface area contributed by atoms with Gasteiger partial charge in [0.15, 0.2) is 17.4 Å². The summed E-state index contributed by atoms with van der Waals surface area (Å²) in [7, 11) is 1.56. The standard InChI is InChI=1S/C49H64N2O12/c1-10-20-40(53)48(5,6)33(3)22-15-13-12-14-16-23-35(58-9)30-44-51-37(32-60-44)47(57)63-42(49(7,8)41(21-11-2)62-46(56)29-28-45(54)55)26-19-25-39-38(61-39)24-17-18-27-43-50-36(31-59-43)34(4)52/h10-21,23-25,27,31-33,35,38-42,53H,22,26,28-30H2,1-9H3,(H,54,55)/b14-12-,15-13-,20-10+,21-11+,23-16+,24-17+,25-19-,27-18-/t33-,35-,38-,39+,40-,41-,42-/m0/s1. The van der Waals surface area contributed by atoms with Crippen LogP contribution in [-0.2, 0) is 35.0 Å². The molecule has 63 heavy (non-hydrogen) atoms. The van der Waals surface area contributed by atoms with E-state index in [4.69, 9.17) is 32.9 Å². The number of methoxy groups -OCH3 is 1. The predicted octanol–water partition coefficient (Wildman–Crippen LogP) is 8.97. The van der Waals surface area contributed by atoms with Gasteiger partial charge in [-0.3, -0.25) is 14.4 Å². The number of rotatable bonds is 27. The van der Waals surface area contributed by atoms with E-state index in [-0.39, 0.29) is 72.3 Å². The first-order chi connectivity index (χ1) is 29.9. The molecule has 342 valence electrons. The number of hydrogen-bond acceptors (Lipinski definition) is 13. The van der Waals surface area contributed by atoms with Gasteiger partial charge < -0.3 is 38.0 Å². The van der Waals surface area contributed by atoms with Crippen molar-refractivity contribution in [1.29, 1.82) is 0 Å². The number of nitrogens with zero attached hydrogens (tertiary/aromatic N) is 2. The zero-order chi connectivity index (χ0) is 46.6. The minimum absolute atomic E-state index is 0.0543. The van der Waals surface area contributed by atoms with Gasteiger partial charge in [0.05, 0.1) is 31.5 Å². The summed E-state index contributed by atoms with van der Waals surface area (Å²) in [6, 6.07) is 0. The molecule has 1 aliphatic rings. The van der Waals surface area contributed by atoms with Crippen molar-refractivity contribution < 1.29 is 57.2 Å². The molecule has 1 aliphatic heterocycles. The summed E-state index contributed by atoms with van der Waals surface area (Å²) in [6.07, 6.45) is 29.2. The quantitative estimate of drug-likeness (QED) is 0.0283. The topological polar surface area (TPSA) is 201 Å². The van der Waals surface area contributed by atoms with Crippen LogP contribution in [0.1, 0.15) is 114 Å².